The summed E-state index contributed by atoms with van der Waals surface area (Å²) in [7, 11) is 0. The summed E-state index contributed by atoms with van der Waals surface area (Å²) in [5.41, 5.74) is 1.39. The number of ether oxygens (including phenoxy) is 1. The summed E-state index contributed by atoms with van der Waals surface area (Å²) in [6, 6.07) is 16.6. The Hall–Kier alpha value is -2.96. The molecular weight excluding hydrogens is 411 g/mol. The minimum Gasteiger partial charge on any atom is -0.481 e. The zero-order valence-corrected chi connectivity index (χ0v) is 16.7. The molecule has 0 saturated heterocycles. The average Bonchev–Trinajstić information content (AvgIpc) is 3.27. The number of pyridine rings is 1. The molecule has 0 bridgehead atoms. The number of fused-ring (bicyclic) bond motifs is 1. The number of benzene rings is 2. The van der Waals surface area contributed by atoms with Gasteiger partial charge in [0.15, 0.2) is 6.61 Å². The van der Waals surface area contributed by atoms with Gasteiger partial charge in [-0.05, 0) is 53.4 Å². The first-order valence-electron chi connectivity index (χ1n) is 8.86. The molecule has 0 fully saturated rings. The van der Waals surface area contributed by atoms with E-state index in [2.05, 4.69) is 10.3 Å². The lowest BCUT2D eigenvalue weighted by atomic mass is 10.1. The number of thiophene rings is 1. The Labute approximate surface area is 175 Å². The van der Waals surface area contributed by atoms with Gasteiger partial charge in [-0.15, -0.1) is 11.3 Å². The topological polar surface area (TPSA) is 51.2 Å². The third-order valence-corrected chi connectivity index (χ3v) is 5.64. The smallest absolute Gasteiger partial charge is 0.258 e. The van der Waals surface area contributed by atoms with Crippen molar-refractivity contribution >= 4 is 39.7 Å². The fourth-order valence-electron chi connectivity index (χ4n) is 3.00. The molecule has 0 unspecified atom stereocenters. The lowest BCUT2D eigenvalue weighted by molar-refractivity contribution is -0.123. The highest BCUT2D eigenvalue weighted by Gasteiger charge is 2.19. The van der Waals surface area contributed by atoms with Crippen molar-refractivity contribution in [3.05, 3.63) is 93.5 Å². The molecule has 1 amide bonds. The molecule has 1 N–H and O–H groups in total. The summed E-state index contributed by atoms with van der Waals surface area (Å²) >= 11 is 7.71. The number of carbonyl (C=O) groups is 1. The Morgan fingerprint density at radius 3 is 2.72 bits per heavy atom. The van der Waals surface area contributed by atoms with E-state index in [1.54, 1.807) is 36.5 Å². The fourth-order valence-corrected chi connectivity index (χ4v) is 4.02. The SMILES string of the molecule is O=C(COc1ccc(Cl)c2cccnc12)N[C@H](c1ccc(F)cc1)c1cccs1. The van der Waals surface area contributed by atoms with Crippen LogP contribution in [0.25, 0.3) is 10.9 Å². The van der Waals surface area contributed by atoms with Gasteiger partial charge < -0.3 is 10.1 Å². The quantitative estimate of drug-likeness (QED) is 0.450. The van der Waals surface area contributed by atoms with Crippen molar-refractivity contribution < 1.29 is 13.9 Å². The van der Waals surface area contributed by atoms with Crippen LogP contribution >= 0.6 is 22.9 Å². The van der Waals surface area contributed by atoms with Gasteiger partial charge >= 0.3 is 0 Å². The molecule has 146 valence electrons. The van der Waals surface area contributed by atoms with Gasteiger partial charge in [-0.1, -0.05) is 29.8 Å². The summed E-state index contributed by atoms with van der Waals surface area (Å²) in [6.45, 7) is -0.184. The van der Waals surface area contributed by atoms with Gasteiger partial charge in [-0.2, -0.15) is 0 Å². The van der Waals surface area contributed by atoms with Crippen molar-refractivity contribution in [2.24, 2.45) is 0 Å². The van der Waals surface area contributed by atoms with E-state index in [-0.39, 0.29) is 24.4 Å². The summed E-state index contributed by atoms with van der Waals surface area (Å²) in [5.74, 6) is -0.142. The molecule has 0 aliphatic heterocycles. The monoisotopic (exact) mass is 426 g/mol. The van der Waals surface area contributed by atoms with Gasteiger partial charge in [-0.3, -0.25) is 9.78 Å². The minimum atomic E-state index is -0.383. The molecule has 2 heterocycles. The Balaban J connectivity index is 1.51. The van der Waals surface area contributed by atoms with E-state index in [9.17, 15) is 9.18 Å². The second kappa shape index (κ2) is 8.59. The van der Waals surface area contributed by atoms with Crippen LogP contribution in [0, 0.1) is 5.82 Å². The third-order valence-electron chi connectivity index (χ3n) is 4.37. The van der Waals surface area contributed by atoms with E-state index in [4.69, 9.17) is 16.3 Å². The van der Waals surface area contributed by atoms with Gasteiger partial charge in [0.2, 0.25) is 0 Å². The summed E-state index contributed by atoms with van der Waals surface area (Å²) in [4.78, 5) is 17.9. The van der Waals surface area contributed by atoms with E-state index >= 15 is 0 Å². The highest BCUT2D eigenvalue weighted by atomic mass is 35.5. The summed E-state index contributed by atoms with van der Waals surface area (Å²) < 4.78 is 19.0. The standard InChI is InChI=1S/C22H16ClFN2O2S/c23-17-9-10-18(22-16(17)3-1-11-25-22)28-13-20(27)26-21(19-4-2-12-29-19)14-5-7-15(24)8-6-14/h1-12,21H,13H2,(H,26,27)/t21-/m1/s1. The fraction of sp³-hybridized carbons (Fsp3) is 0.0909. The minimum absolute atomic E-state index is 0.184. The van der Waals surface area contributed by atoms with Crippen molar-refractivity contribution in [1.29, 1.82) is 0 Å². The molecule has 4 aromatic rings. The lowest BCUT2D eigenvalue weighted by Crippen LogP contribution is -2.33. The van der Waals surface area contributed by atoms with Crippen molar-refractivity contribution in [3.8, 4) is 5.75 Å². The first kappa shape index (κ1) is 19.4. The highest BCUT2D eigenvalue weighted by Crippen LogP contribution is 2.30. The Morgan fingerprint density at radius 2 is 1.97 bits per heavy atom. The molecule has 29 heavy (non-hydrogen) atoms. The zero-order valence-electron chi connectivity index (χ0n) is 15.1. The lowest BCUT2D eigenvalue weighted by Gasteiger charge is -2.18. The van der Waals surface area contributed by atoms with Crippen LogP contribution in [0.5, 0.6) is 5.75 Å². The third kappa shape index (κ3) is 4.39. The van der Waals surface area contributed by atoms with Gasteiger partial charge in [0.25, 0.3) is 5.91 Å². The Bertz CT molecular complexity index is 1130. The predicted molar refractivity (Wildman–Crippen MR) is 113 cm³/mol. The number of hydrogen-bond acceptors (Lipinski definition) is 4. The number of rotatable bonds is 6. The highest BCUT2D eigenvalue weighted by molar-refractivity contribution is 7.10. The number of halogens is 2. The average molecular weight is 427 g/mol. The van der Waals surface area contributed by atoms with Gasteiger partial charge in [-0.25, -0.2) is 4.39 Å². The van der Waals surface area contributed by atoms with E-state index in [0.29, 0.717) is 16.3 Å². The second-order valence-electron chi connectivity index (χ2n) is 6.30. The number of hydrogen-bond donors (Lipinski definition) is 1. The number of amides is 1. The molecule has 0 radical (unpaired) electrons. The van der Waals surface area contributed by atoms with E-state index in [1.807, 2.05) is 23.6 Å². The maximum absolute atomic E-state index is 13.3. The number of nitrogens with zero attached hydrogens (tertiary/aromatic N) is 1. The molecule has 0 aliphatic rings. The normalized spacial score (nSPS) is 11.9. The molecule has 0 saturated carbocycles. The van der Waals surface area contributed by atoms with Crippen LogP contribution in [0.1, 0.15) is 16.5 Å². The van der Waals surface area contributed by atoms with Crippen molar-refractivity contribution in [3.63, 3.8) is 0 Å². The van der Waals surface area contributed by atoms with Crippen LogP contribution in [-0.2, 0) is 4.79 Å². The number of nitrogens with one attached hydrogen (secondary N) is 1. The van der Waals surface area contributed by atoms with Crippen molar-refractivity contribution in [2.75, 3.05) is 6.61 Å². The second-order valence-corrected chi connectivity index (χ2v) is 7.69. The van der Waals surface area contributed by atoms with Crippen molar-refractivity contribution in [2.45, 2.75) is 6.04 Å². The molecule has 2 aromatic heterocycles. The largest absolute Gasteiger partial charge is 0.481 e. The zero-order chi connectivity index (χ0) is 20.2. The van der Waals surface area contributed by atoms with E-state index in [0.717, 1.165) is 15.8 Å². The molecule has 2 aromatic carbocycles. The Kier molecular flexibility index (Phi) is 5.74. The van der Waals surface area contributed by atoms with Crippen LogP contribution in [0.4, 0.5) is 4.39 Å². The predicted octanol–water partition coefficient (Wildman–Crippen LogP) is 5.37. The van der Waals surface area contributed by atoms with E-state index < -0.39 is 0 Å². The molecule has 7 heteroatoms. The summed E-state index contributed by atoms with van der Waals surface area (Å²) in [5, 5.41) is 6.22. The molecular formula is C22H16ClFN2O2S. The van der Waals surface area contributed by atoms with Gasteiger partial charge in [0.1, 0.15) is 17.1 Å². The van der Waals surface area contributed by atoms with Crippen molar-refractivity contribution in [1.82, 2.24) is 10.3 Å². The molecule has 4 rings (SSSR count). The first-order valence-corrected chi connectivity index (χ1v) is 10.1. The number of aromatic nitrogens is 1. The first-order chi connectivity index (χ1) is 14.1. The van der Waals surface area contributed by atoms with Gasteiger partial charge in [0, 0.05) is 16.5 Å². The van der Waals surface area contributed by atoms with Gasteiger partial charge in [0.05, 0.1) is 11.1 Å². The molecule has 4 nitrogen and oxygen atoms in total. The van der Waals surface area contributed by atoms with Crippen LogP contribution in [-0.4, -0.2) is 17.5 Å². The van der Waals surface area contributed by atoms with Crippen LogP contribution in [0.2, 0.25) is 5.02 Å². The van der Waals surface area contributed by atoms with Crippen LogP contribution < -0.4 is 10.1 Å². The molecule has 0 spiro atoms. The number of carbonyl (C=O) groups excluding carboxylic acids is 1. The molecule has 1 atom stereocenters. The molecule has 0 aliphatic carbocycles. The Morgan fingerprint density at radius 1 is 1.14 bits per heavy atom. The maximum atomic E-state index is 13.3. The maximum Gasteiger partial charge on any atom is 0.258 e. The van der Waals surface area contributed by atoms with E-state index in [1.165, 1.54) is 23.5 Å². The van der Waals surface area contributed by atoms with Crippen LogP contribution in [0.3, 0.4) is 0 Å². The summed E-state index contributed by atoms with van der Waals surface area (Å²) in [6.07, 6.45) is 1.65. The van der Waals surface area contributed by atoms with Crippen LogP contribution in [0.15, 0.2) is 72.2 Å².